The van der Waals surface area contributed by atoms with Gasteiger partial charge in [0.15, 0.2) is 0 Å². The minimum Gasteiger partial charge on any atom is -0.369 e. The summed E-state index contributed by atoms with van der Waals surface area (Å²) in [5.41, 5.74) is 1.13. The molecule has 2 heterocycles. The highest BCUT2D eigenvalue weighted by Gasteiger charge is 2.33. The van der Waals surface area contributed by atoms with Gasteiger partial charge in [0.2, 0.25) is 5.91 Å². The average Bonchev–Trinajstić information content (AvgIpc) is 2.91. The molecule has 2 aliphatic rings. The third-order valence-corrected chi connectivity index (χ3v) is 4.54. The molecular formula is C16H21ClN4O2. The number of rotatable bonds is 3. The summed E-state index contributed by atoms with van der Waals surface area (Å²) in [6, 6.07) is 7.95. The number of urea groups is 1. The van der Waals surface area contributed by atoms with Crippen LogP contribution in [0.15, 0.2) is 24.3 Å². The molecule has 23 heavy (non-hydrogen) atoms. The molecule has 1 atom stereocenters. The van der Waals surface area contributed by atoms with E-state index in [0.717, 1.165) is 30.2 Å². The molecule has 1 aromatic carbocycles. The lowest BCUT2D eigenvalue weighted by Gasteiger charge is -2.39. The predicted octanol–water partition coefficient (Wildman–Crippen LogP) is 1.45. The Balaban J connectivity index is 1.44. The number of anilines is 1. The van der Waals surface area contributed by atoms with Crippen molar-refractivity contribution in [2.24, 2.45) is 0 Å². The molecule has 0 radical (unpaired) electrons. The van der Waals surface area contributed by atoms with E-state index in [-0.39, 0.29) is 24.0 Å². The largest absolute Gasteiger partial charge is 0.369 e. The first-order chi connectivity index (χ1) is 11.0. The Morgan fingerprint density at radius 1 is 1.09 bits per heavy atom. The van der Waals surface area contributed by atoms with Crippen LogP contribution in [0.25, 0.3) is 0 Å². The third kappa shape index (κ3) is 3.88. The summed E-state index contributed by atoms with van der Waals surface area (Å²) in [6.07, 6.45) is 0.928. The van der Waals surface area contributed by atoms with E-state index in [1.165, 1.54) is 6.92 Å². The third-order valence-electron chi connectivity index (χ3n) is 4.28. The van der Waals surface area contributed by atoms with Crippen LogP contribution in [-0.2, 0) is 4.79 Å². The smallest absolute Gasteiger partial charge is 0.317 e. The molecule has 3 amide bonds. The van der Waals surface area contributed by atoms with Crippen molar-refractivity contribution in [3.05, 3.63) is 29.3 Å². The van der Waals surface area contributed by atoms with Crippen molar-refractivity contribution in [1.82, 2.24) is 15.5 Å². The van der Waals surface area contributed by atoms with Crippen LogP contribution in [0.1, 0.15) is 13.3 Å². The topological polar surface area (TPSA) is 64.7 Å². The van der Waals surface area contributed by atoms with Crippen LogP contribution in [0.5, 0.6) is 0 Å². The van der Waals surface area contributed by atoms with Crippen LogP contribution in [0, 0.1) is 0 Å². The highest BCUT2D eigenvalue weighted by atomic mass is 35.5. The molecule has 6 nitrogen and oxygen atoms in total. The molecule has 124 valence electrons. The number of nitrogens with zero attached hydrogens (tertiary/aromatic N) is 2. The lowest BCUT2D eigenvalue weighted by atomic mass is 10.1. The van der Waals surface area contributed by atoms with Crippen molar-refractivity contribution in [1.29, 1.82) is 0 Å². The molecule has 7 heteroatoms. The number of hydrogen-bond acceptors (Lipinski definition) is 3. The highest BCUT2D eigenvalue weighted by molar-refractivity contribution is 6.30. The van der Waals surface area contributed by atoms with Crippen molar-refractivity contribution < 1.29 is 9.59 Å². The van der Waals surface area contributed by atoms with Crippen molar-refractivity contribution >= 4 is 29.2 Å². The number of benzene rings is 1. The molecule has 3 rings (SSSR count). The van der Waals surface area contributed by atoms with Gasteiger partial charge in [-0.25, -0.2) is 4.79 Å². The van der Waals surface area contributed by atoms with Gasteiger partial charge in [0.05, 0.1) is 6.04 Å². The lowest BCUT2D eigenvalue weighted by molar-refractivity contribution is -0.120. The van der Waals surface area contributed by atoms with E-state index >= 15 is 0 Å². The monoisotopic (exact) mass is 336 g/mol. The fraction of sp³-hybridized carbons (Fsp3) is 0.500. The molecule has 2 saturated heterocycles. The summed E-state index contributed by atoms with van der Waals surface area (Å²) in [7, 11) is 0. The zero-order valence-electron chi connectivity index (χ0n) is 13.1. The van der Waals surface area contributed by atoms with E-state index in [1.54, 1.807) is 4.90 Å². The number of likely N-dealkylation sites (tertiary alicyclic amines) is 1. The Hall–Kier alpha value is -1.95. The van der Waals surface area contributed by atoms with Gasteiger partial charge in [-0.05, 0) is 30.7 Å². The summed E-state index contributed by atoms with van der Waals surface area (Å²) in [4.78, 5) is 27.1. The summed E-state index contributed by atoms with van der Waals surface area (Å²) in [5, 5.41) is 6.61. The normalized spacial score (nSPS) is 21.0. The Morgan fingerprint density at radius 3 is 2.43 bits per heavy atom. The first kappa shape index (κ1) is 15.9. The highest BCUT2D eigenvalue weighted by Crippen LogP contribution is 2.22. The minimum atomic E-state index is -0.0514. The van der Waals surface area contributed by atoms with Crippen LogP contribution < -0.4 is 15.5 Å². The van der Waals surface area contributed by atoms with Crippen molar-refractivity contribution in [3.63, 3.8) is 0 Å². The van der Waals surface area contributed by atoms with Gasteiger partial charge >= 0.3 is 6.03 Å². The van der Waals surface area contributed by atoms with Crippen molar-refractivity contribution in [2.45, 2.75) is 25.4 Å². The van der Waals surface area contributed by atoms with E-state index in [4.69, 9.17) is 11.6 Å². The molecule has 0 spiro atoms. The molecule has 2 fully saturated rings. The maximum atomic E-state index is 12.2. The molecule has 2 aliphatic heterocycles. The molecule has 0 unspecified atom stereocenters. The molecular weight excluding hydrogens is 316 g/mol. The fourth-order valence-corrected chi connectivity index (χ4v) is 3.18. The van der Waals surface area contributed by atoms with E-state index in [0.29, 0.717) is 13.1 Å². The SMILES string of the molecule is CC(=O)NC1CN(C(=O)N[C@@H]2CCN(c3ccc(Cl)cc3)C2)C1. The molecule has 0 aliphatic carbocycles. The van der Waals surface area contributed by atoms with Gasteiger partial charge in [-0.1, -0.05) is 11.6 Å². The summed E-state index contributed by atoms with van der Waals surface area (Å²) in [6.45, 7) is 4.38. The van der Waals surface area contributed by atoms with Crippen molar-refractivity contribution in [2.75, 3.05) is 31.1 Å². The molecule has 2 N–H and O–H groups in total. The van der Waals surface area contributed by atoms with Gasteiger partial charge in [0, 0.05) is 49.9 Å². The zero-order valence-corrected chi connectivity index (χ0v) is 13.8. The van der Waals surface area contributed by atoms with Gasteiger partial charge in [0.1, 0.15) is 0 Å². The van der Waals surface area contributed by atoms with Gasteiger partial charge in [-0.3, -0.25) is 4.79 Å². The number of halogens is 1. The molecule has 0 bridgehead atoms. The second-order valence-corrected chi connectivity index (χ2v) is 6.60. The molecule has 0 aromatic heterocycles. The fourth-order valence-electron chi connectivity index (χ4n) is 3.05. The van der Waals surface area contributed by atoms with Gasteiger partial charge in [0.25, 0.3) is 0 Å². The van der Waals surface area contributed by atoms with Gasteiger partial charge in [-0.2, -0.15) is 0 Å². The number of carbonyl (C=O) groups excluding carboxylic acids is 2. The number of amides is 3. The van der Waals surface area contributed by atoms with E-state index < -0.39 is 0 Å². The summed E-state index contributed by atoms with van der Waals surface area (Å²) in [5.74, 6) is -0.0514. The molecule has 0 saturated carbocycles. The van der Waals surface area contributed by atoms with E-state index in [2.05, 4.69) is 15.5 Å². The first-order valence-corrected chi connectivity index (χ1v) is 8.22. The van der Waals surface area contributed by atoms with Crippen LogP contribution in [-0.4, -0.2) is 55.1 Å². The maximum absolute atomic E-state index is 12.2. The zero-order chi connectivity index (χ0) is 16.4. The van der Waals surface area contributed by atoms with Gasteiger partial charge in [-0.15, -0.1) is 0 Å². The number of hydrogen-bond donors (Lipinski definition) is 2. The second-order valence-electron chi connectivity index (χ2n) is 6.16. The quantitative estimate of drug-likeness (QED) is 0.878. The average molecular weight is 337 g/mol. The summed E-state index contributed by atoms with van der Waals surface area (Å²) >= 11 is 5.91. The van der Waals surface area contributed by atoms with Crippen LogP contribution in [0.2, 0.25) is 5.02 Å². The van der Waals surface area contributed by atoms with Gasteiger partial charge < -0.3 is 20.4 Å². The Bertz CT molecular complexity index is 586. The summed E-state index contributed by atoms with van der Waals surface area (Å²) < 4.78 is 0. The minimum absolute atomic E-state index is 0.0467. The lowest BCUT2D eigenvalue weighted by Crippen LogP contribution is -2.63. The standard InChI is InChI=1S/C16H21ClN4O2/c1-11(22)18-14-9-21(10-14)16(23)19-13-6-7-20(8-13)15-4-2-12(17)3-5-15/h2-5,13-14H,6-10H2,1H3,(H,18,22)(H,19,23)/t13-/m1/s1. The number of nitrogens with one attached hydrogen (secondary N) is 2. The Morgan fingerprint density at radius 2 is 1.78 bits per heavy atom. The van der Waals surface area contributed by atoms with E-state index in [9.17, 15) is 9.59 Å². The van der Waals surface area contributed by atoms with Crippen LogP contribution in [0.4, 0.5) is 10.5 Å². The van der Waals surface area contributed by atoms with E-state index in [1.807, 2.05) is 24.3 Å². The second kappa shape index (κ2) is 6.66. The predicted molar refractivity (Wildman–Crippen MR) is 89.8 cm³/mol. The van der Waals surface area contributed by atoms with Crippen molar-refractivity contribution in [3.8, 4) is 0 Å². The van der Waals surface area contributed by atoms with Crippen LogP contribution in [0.3, 0.4) is 0 Å². The Labute approximate surface area is 140 Å². The molecule has 1 aromatic rings. The number of carbonyl (C=O) groups is 2. The maximum Gasteiger partial charge on any atom is 0.317 e. The van der Waals surface area contributed by atoms with Crippen LogP contribution >= 0.6 is 11.6 Å². The Kier molecular flexibility index (Phi) is 4.61. The first-order valence-electron chi connectivity index (χ1n) is 7.84.